The second kappa shape index (κ2) is 16.0. The zero-order valence-electron chi connectivity index (χ0n) is 7.74. The minimum absolute atomic E-state index is 0. The third kappa shape index (κ3) is 10.8. The van der Waals surface area contributed by atoms with E-state index in [-0.39, 0.29) is 1.43 Å². The molecule has 1 aliphatic rings. The van der Waals surface area contributed by atoms with Crippen LogP contribution in [0.5, 0.6) is 0 Å². The standard InChI is InChI=1S/C4H9NO.2C2H6.H2/c1-2-5-4-6-3-1;2*1-2;/h5H,1-4H2;2*1-2H3;1H. The monoisotopic (exact) mass is 149 g/mol. The molecule has 0 bridgehead atoms. The van der Waals surface area contributed by atoms with Gasteiger partial charge in [-0.1, -0.05) is 27.7 Å². The molecule has 0 spiro atoms. The molecule has 1 saturated heterocycles. The molecule has 0 aromatic heterocycles. The smallest absolute Gasteiger partial charge is 0.0965 e. The summed E-state index contributed by atoms with van der Waals surface area (Å²) in [7, 11) is 0. The van der Waals surface area contributed by atoms with Gasteiger partial charge in [0.05, 0.1) is 6.73 Å². The fraction of sp³-hybridized carbons (Fsp3) is 1.00. The summed E-state index contributed by atoms with van der Waals surface area (Å²) in [6.07, 6.45) is 1.17. The first-order valence-electron chi connectivity index (χ1n) is 4.28. The molecule has 10 heavy (non-hydrogen) atoms. The van der Waals surface area contributed by atoms with E-state index in [4.69, 9.17) is 4.74 Å². The van der Waals surface area contributed by atoms with Gasteiger partial charge >= 0.3 is 0 Å². The van der Waals surface area contributed by atoms with Crippen molar-refractivity contribution in [3.8, 4) is 0 Å². The summed E-state index contributed by atoms with van der Waals surface area (Å²) < 4.78 is 4.96. The number of rotatable bonds is 0. The van der Waals surface area contributed by atoms with E-state index < -0.39 is 0 Å². The van der Waals surface area contributed by atoms with E-state index in [0.29, 0.717) is 0 Å². The Morgan fingerprint density at radius 1 is 1.20 bits per heavy atom. The Morgan fingerprint density at radius 3 is 1.90 bits per heavy atom. The SMILES string of the molecule is C1CNCOC1.CC.CC.[HH]. The fourth-order valence-corrected chi connectivity index (χ4v) is 0.516. The summed E-state index contributed by atoms with van der Waals surface area (Å²) >= 11 is 0. The molecule has 0 radical (unpaired) electrons. The molecule has 2 heteroatoms. The van der Waals surface area contributed by atoms with Crippen LogP contribution in [0.15, 0.2) is 0 Å². The van der Waals surface area contributed by atoms with Gasteiger partial charge in [0.25, 0.3) is 0 Å². The number of hydrogen-bond donors (Lipinski definition) is 1. The van der Waals surface area contributed by atoms with Gasteiger partial charge in [-0.2, -0.15) is 0 Å². The number of ether oxygens (including phenoxy) is 1. The lowest BCUT2D eigenvalue weighted by Crippen LogP contribution is -2.26. The van der Waals surface area contributed by atoms with Crippen LogP contribution in [0.3, 0.4) is 0 Å². The Balaban J connectivity index is -0.000000114. The lowest BCUT2D eigenvalue weighted by molar-refractivity contribution is 0.0848. The summed E-state index contributed by atoms with van der Waals surface area (Å²) in [5.41, 5.74) is 0. The van der Waals surface area contributed by atoms with E-state index in [1.165, 1.54) is 6.42 Å². The molecule has 0 unspecified atom stereocenters. The molecular formula is C8H23NO. The predicted molar refractivity (Wildman–Crippen MR) is 48.2 cm³/mol. The van der Waals surface area contributed by atoms with Crippen LogP contribution in [0.4, 0.5) is 0 Å². The Bertz CT molecular complexity index is 29.6. The van der Waals surface area contributed by atoms with Crippen molar-refractivity contribution in [1.29, 1.82) is 0 Å². The van der Waals surface area contributed by atoms with Gasteiger partial charge in [-0.25, -0.2) is 0 Å². The maximum Gasteiger partial charge on any atom is 0.0965 e. The van der Waals surface area contributed by atoms with Gasteiger partial charge in [0, 0.05) is 8.03 Å². The minimum Gasteiger partial charge on any atom is -0.366 e. The largest absolute Gasteiger partial charge is 0.366 e. The Labute approximate surface area is 66.4 Å². The molecule has 0 amide bonds. The van der Waals surface area contributed by atoms with Gasteiger partial charge in [0.1, 0.15) is 0 Å². The summed E-state index contributed by atoms with van der Waals surface area (Å²) in [6.45, 7) is 10.8. The van der Waals surface area contributed by atoms with E-state index in [9.17, 15) is 0 Å². The van der Waals surface area contributed by atoms with Crippen molar-refractivity contribution < 1.29 is 6.16 Å². The maximum absolute atomic E-state index is 4.96. The minimum atomic E-state index is 0. The molecule has 0 aromatic rings. The molecule has 66 valence electrons. The third-order valence-electron chi connectivity index (χ3n) is 0.846. The number of hydrogen-bond acceptors (Lipinski definition) is 2. The van der Waals surface area contributed by atoms with E-state index in [2.05, 4.69) is 5.32 Å². The zero-order valence-corrected chi connectivity index (χ0v) is 7.74. The Hall–Kier alpha value is -0.0800. The van der Waals surface area contributed by atoms with E-state index in [1.54, 1.807) is 0 Å². The maximum atomic E-state index is 4.96. The molecule has 1 N–H and O–H groups in total. The van der Waals surface area contributed by atoms with Gasteiger partial charge < -0.3 is 4.74 Å². The van der Waals surface area contributed by atoms with Gasteiger partial charge in [-0.05, 0) is 13.0 Å². The van der Waals surface area contributed by atoms with Gasteiger partial charge in [0.15, 0.2) is 0 Å². The first-order chi connectivity index (χ1) is 5.00. The second-order valence-electron chi connectivity index (χ2n) is 1.41. The molecule has 2 nitrogen and oxygen atoms in total. The van der Waals surface area contributed by atoms with Crippen LogP contribution in [0, 0.1) is 0 Å². The lowest BCUT2D eigenvalue weighted by Gasteiger charge is -2.10. The molecule has 1 heterocycles. The zero-order chi connectivity index (χ0) is 8.24. The highest BCUT2D eigenvalue weighted by Crippen LogP contribution is 1.83. The van der Waals surface area contributed by atoms with Crippen LogP contribution in [0.2, 0.25) is 0 Å². The van der Waals surface area contributed by atoms with Crippen LogP contribution < -0.4 is 5.32 Å². The van der Waals surface area contributed by atoms with Gasteiger partial charge in [0.2, 0.25) is 0 Å². The number of nitrogens with one attached hydrogen (secondary N) is 1. The average Bonchev–Trinajstić information content (AvgIpc) is 2.14. The van der Waals surface area contributed by atoms with Gasteiger partial charge in [-0.15, -0.1) is 0 Å². The molecular weight excluding hydrogens is 126 g/mol. The topological polar surface area (TPSA) is 21.3 Å². The molecule has 0 aromatic carbocycles. The molecule has 1 rings (SSSR count). The Morgan fingerprint density at radius 2 is 1.80 bits per heavy atom. The Kier molecular flexibility index (Phi) is 20.1. The van der Waals surface area contributed by atoms with Crippen molar-refractivity contribution in [2.75, 3.05) is 19.9 Å². The van der Waals surface area contributed by atoms with Crippen LogP contribution in [-0.2, 0) is 4.74 Å². The van der Waals surface area contributed by atoms with Crippen molar-refractivity contribution in [2.45, 2.75) is 34.1 Å². The highest BCUT2D eigenvalue weighted by molar-refractivity contribution is 4.45. The quantitative estimate of drug-likeness (QED) is 0.570. The van der Waals surface area contributed by atoms with Crippen LogP contribution >= 0.6 is 0 Å². The normalized spacial score (nSPS) is 15.6. The van der Waals surface area contributed by atoms with Crippen molar-refractivity contribution >= 4 is 0 Å². The van der Waals surface area contributed by atoms with Crippen molar-refractivity contribution in [3.05, 3.63) is 0 Å². The summed E-state index contributed by atoms with van der Waals surface area (Å²) in [4.78, 5) is 0. The molecule has 0 atom stereocenters. The predicted octanol–water partition coefficient (Wildman–Crippen LogP) is 2.25. The lowest BCUT2D eigenvalue weighted by atomic mass is 10.4. The molecule has 1 aliphatic heterocycles. The summed E-state index contributed by atoms with van der Waals surface area (Å²) in [5, 5.41) is 3.06. The van der Waals surface area contributed by atoms with E-state index in [0.717, 1.165) is 19.9 Å². The highest BCUT2D eigenvalue weighted by Gasteiger charge is 1.92. The van der Waals surface area contributed by atoms with Gasteiger partial charge in [-0.3, -0.25) is 5.32 Å². The van der Waals surface area contributed by atoms with E-state index in [1.807, 2.05) is 27.7 Å². The average molecular weight is 149 g/mol. The van der Waals surface area contributed by atoms with Crippen molar-refractivity contribution in [3.63, 3.8) is 0 Å². The van der Waals surface area contributed by atoms with Crippen LogP contribution in [0.1, 0.15) is 35.5 Å². The third-order valence-corrected chi connectivity index (χ3v) is 0.846. The summed E-state index contributed by atoms with van der Waals surface area (Å²) in [5.74, 6) is 0. The second-order valence-corrected chi connectivity index (χ2v) is 1.41. The first kappa shape index (κ1) is 12.6. The van der Waals surface area contributed by atoms with Crippen molar-refractivity contribution in [2.24, 2.45) is 0 Å². The fourth-order valence-electron chi connectivity index (χ4n) is 0.516. The van der Waals surface area contributed by atoms with E-state index >= 15 is 0 Å². The molecule has 0 aliphatic carbocycles. The van der Waals surface area contributed by atoms with Crippen molar-refractivity contribution in [1.82, 2.24) is 5.32 Å². The summed E-state index contributed by atoms with van der Waals surface area (Å²) in [6, 6.07) is 0. The first-order valence-corrected chi connectivity index (χ1v) is 4.28. The molecule has 0 saturated carbocycles. The van der Waals surface area contributed by atoms with Crippen LogP contribution in [-0.4, -0.2) is 19.9 Å². The highest BCUT2D eigenvalue weighted by atomic mass is 16.5. The molecule has 1 fully saturated rings. The van der Waals surface area contributed by atoms with Crippen LogP contribution in [0.25, 0.3) is 0 Å².